The Bertz CT molecular complexity index is 359. The van der Waals surface area contributed by atoms with Gasteiger partial charge in [-0.25, -0.2) is 0 Å². The lowest BCUT2D eigenvalue weighted by molar-refractivity contribution is -0.120. The molecule has 3 heteroatoms. The lowest BCUT2D eigenvalue weighted by Crippen LogP contribution is -2.30. The molecule has 0 fully saturated rings. The summed E-state index contributed by atoms with van der Waals surface area (Å²) in [5.74, 6) is 0.655. The maximum absolute atomic E-state index is 11.7. The van der Waals surface area contributed by atoms with Crippen molar-refractivity contribution in [3.8, 4) is 0 Å². The Kier molecular flexibility index (Phi) is 5.53. The molecule has 0 heterocycles. The molecule has 0 aromatic heterocycles. The van der Waals surface area contributed by atoms with E-state index in [-0.39, 0.29) is 5.91 Å². The summed E-state index contributed by atoms with van der Waals surface area (Å²) < 4.78 is 0. The van der Waals surface area contributed by atoms with Crippen molar-refractivity contribution in [3.05, 3.63) is 29.8 Å². The predicted octanol–water partition coefficient (Wildman–Crippen LogP) is 2.36. The van der Waals surface area contributed by atoms with Crippen molar-refractivity contribution in [2.75, 3.05) is 12.3 Å². The van der Waals surface area contributed by atoms with Crippen molar-refractivity contribution < 1.29 is 4.79 Å². The molecule has 0 aliphatic carbocycles. The number of amides is 1. The SMILES string of the molecule is CCC(CC)CNC(=O)Cc1cccc(N)c1. The third-order valence-corrected chi connectivity index (χ3v) is 3.06. The second-order valence-electron chi connectivity index (χ2n) is 4.41. The summed E-state index contributed by atoms with van der Waals surface area (Å²) >= 11 is 0. The van der Waals surface area contributed by atoms with Gasteiger partial charge in [-0.3, -0.25) is 4.79 Å². The number of carbonyl (C=O) groups excluding carboxylic acids is 1. The molecule has 17 heavy (non-hydrogen) atoms. The smallest absolute Gasteiger partial charge is 0.224 e. The van der Waals surface area contributed by atoms with Gasteiger partial charge in [0, 0.05) is 12.2 Å². The van der Waals surface area contributed by atoms with Gasteiger partial charge >= 0.3 is 0 Å². The molecule has 1 amide bonds. The summed E-state index contributed by atoms with van der Waals surface area (Å²) in [6.07, 6.45) is 2.62. The first kappa shape index (κ1) is 13.6. The summed E-state index contributed by atoms with van der Waals surface area (Å²) in [7, 11) is 0. The monoisotopic (exact) mass is 234 g/mol. The first-order chi connectivity index (χ1) is 8.15. The molecule has 1 aromatic rings. The van der Waals surface area contributed by atoms with E-state index in [2.05, 4.69) is 19.2 Å². The second-order valence-corrected chi connectivity index (χ2v) is 4.41. The Morgan fingerprint density at radius 1 is 1.35 bits per heavy atom. The van der Waals surface area contributed by atoms with Gasteiger partial charge in [0.1, 0.15) is 0 Å². The molecule has 0 aliphatic heterocycles. The highest BCUT2D eigenvalue weighted by atomic mass is 16.1. The van der Waals surface area contributed by atoms with E-state index in [1.807, 2.05) is 24.3 Å². The van der Waals surface area contributed by atoms with Gasteiger partial charge in [-0.15, -0.1) is 0 Å². The van der Waals surface area contributed by atoms with Crippen LogP contribution in [0.2, 0.25) is 0 Å². The Hall–Kier alpha value is -1.51. The summed E-state index contributed by atoms with van der Waals surface area (Å²) in [6, 6.07) is 7.47. The van der Waals surface area contributed by atoms with Crippen molar-refractivity contribution in [3.63, 3.8) is 0 Å². The van der Waals surface area contributed by atoms with Gasteiger partial charge in [0.15, 0.2) is 0 Å². The highest BCUT2D eigenvalue weighted by Gasteiger charge is 2.07. The molecule has 1 aromatic carbocycles. The fraction of sp³-hybridized carbons (Fsp3) is 0.500. The molecule has 0 aliphatic rings. The molecule has 0 spiro atoms. The number of benzene rings is 1. The van der Waals surface area contributed by atoms with E-state index in [0.717, 1.165) is 24.9 Å². The van der Waals surface area contributed by atoms with E-state index in [4.69, 9.17) is 5.73 Å². The molecule has 3 N–H and O–H groups in total. The molecular weight excluding hydrogens is 212 g/mol. The molecule has 94 valence electrons. The van der Waals surface area contributed by atoms with Crippen LogP contribution in [0.15, 0.2) is 24.3 Å². The van der Waals surface area contributed by atoms with E-state index in [1.54, 1.807) is 0 Å². The van der Waals surface area contributed by atoms with Gasteiger partial charge < -0.3 is 11.1 Å². The van der Waals surface area contributed by atoms with Crippen LogP contribution in [0.25, 0.3) is 0 Å². The van der Waals surface area contributed by atoms with E-state index in [0.29, 0.717) is 18.0 Å². The van der Waals surface area contributed by atoms with Gasteiger partial charge in [0.05, 0.1) is 6.42 Å². The summed E-state index contributed by atoms with van der Waals surface area (Å²) in [4.78, 5) is 11.7. The zero-order chi connectivity index (χ0) is 12.7. The quantitative estimate of drug-likeness (QED) is 0.742. The lowest BCUT2D eigenvalue weighted by Gasteiger charge is -2.13. The van der Waals surface area contributed by atoms with E-state index in [1.165, 1.54) is 0 Å². The Balaban J connectivity index is 2.39. The minimum atomic E-state index is 0.0718. The molecule has 0 bridgehead atoms. The number of nitrogens with two attached hydrogens (primary N) is 1. The first-order valence-electron chi connectivity index (χ1n) is 6.26. The van der Waals surface area contributed by atoms with Crippen molar-refractivity contribution >= 4 is 11.6 Å². The van der Waals surface area contributed by atoms with Crippen LogP contribution in [0.5, 0.6) is 0 Å². The summed E-state index contributed by atoms with van der Waals surface area (Å²) in [5, 5.41) is 2.97. The average Bonchev–Trinajstić information content (AvgIpc) is 2.30. The minimum Gasteiger partial charge on any atom is -0.399 e. The number of rotatable bonds is 6. The second kappa shape index (κ2) is 6.94. The lowest BCUT2D eigenvalue weighted by atomic mass is 10.0. The third kappa shape index (κ3) is 4.89. The van der Waals surface area contributed by atoms with Crippen LogP contribution in [-0.2, 0) is 11.2 Å². The van der Waals surface area contributed by atoms with Crippen LogP contribution < -0.4 is 11.1 Å². The van der Waals surface area contributed by atoms with Crippen LogP contribution in [0, 0.1) is 5.92 Å². The molecule has 0 saturated heterocycles. The minimum absolute atomic E-state index is 0.0718. The molecular formula is C14H22N2O. The predicted molar refractivity (Wildman–Crippen MR) is 71.6 cm³/mol. The number of hydrogen-bond donors (Lipinski definition) is 2. The third-order valence-electron chi connectivity index (χ3n) is 3.06. The van der Waals surface area contributed by atoms with Gasteiger partial charge in [-0.2, -0.15) is 0 Å². The number of nitrogens with one attached hydrogen (secondary N) is 1. The Morgan fingerprint density at radius 3 is 2.65 bits per heavy atom. The van der Waals surface area contributed by atoms with Crippen LogP contribution in [0.3, 0.4) is 0 Å². The highest BCUT2D eigenvalue weighted by molar-refractivity contribution is 5.78. The topological polar surface area (TPSA) is 55.1 Å². The molecule has 1 rings (SSSR count). The molecule has 0 saturated carbocycles. The molecule has 3 nitrogen and oxygen atoms in total. The largest absolute Gasteiger partial charge is 0.399 e. The van der Waals surface area contributed by atoms with Crippen LogP contribution in [0.4, 0.5) is 5.69 Å². The average molecular weight is 234 g/mol. The zero-order valence-corrected chi connectivity index (χ0v) is 10.7. The summed E-state index contributed by atoms with van der Waals surface area (Å²) in [6.45, 7) is 5.07. The number of carbonyl (C=O) groups is 1. The standard InChI is InChI=1S/C14H22N2O/c1-3-11(4-2)10-16-14(17)9-12-6-5-7-13(15)8-12/h5-8,11H,3-4,9-10,15H2,1-2H3,(H,16,17). The van der Waals surface area contributed by atoms with Crippen molar-refractivity contribution in [2.24, 2.45) is 5.92 Å². The normalized spacial score (nSPS) is 10.5. The zero-order valence-electron chi connectivity index (χ0n) is 10.7. The summed E-state index contributed by atoms with van der Waals surface area (Å²) in [5.41, 5.74) is 7.34. The van der Waals surface area contributed by atoms with E-state index >= 15 is 0 Å². The van der Waals surface area contributed by atoms with Crippen molar-refractivity contribution in [1.82, 2.24) is 5.32 Å². The number of nitrogen functional groups attached to an aromatic ring is 1. The van der Waals surface area contributed by atoms with Crippen LogP contribution in [0.1, 0.15) is 32.3 Å². The van der Waals surface area contributed by atoms with Gasteiger partial charge in [-0.1, -0.05) is 38.8 Å². The van der Waals surface area contributed by atoms with E-state index in [9.17, 15) is 4.79 Å². The van der Waals surface area contributed by atoms with Crippen LogP contribution in [-0.4, -0.2) is 12.5 Å². The fourth-order valence-corrected chi connectivity index (χ4v) is 1.79. The van der Waals surface area contributed by atoms with Gasteiger partial charge in [0.2, 0.25) is 5.91 Å². The number of anilines is 1. The van der Waals surface area contributed by atoms with Crippen molar-refractivity contribution in [1.29, 1.82) is 0 Å². The highest BCUT2D eigenvalue weighted by Crippen LogP contribution is 2.08. The molecule has 0 atom stereocenters. The maximum Gasteiger partial charge on any atom is 0.224 e. The van der Waals surface area contributed by atoms with E-state index < -0.39 is 0 Å². The number of hydrogen-bond acceptors (Lipinski definition) is 2. The fourth-order valence-electron chi connectivity index (χ4n) is 1.79. The van der Waals surface area contributed by atoms with Gasteiger partial charge in [0.25, 0.3) is 0 Å². The first-order valence-corrected chi connectivity index (χ1v) is 6.26. The van der Waals surface area contributed by atoms with Gasteiger partial charge in [-0.05, 0) is 23.6 Å². The Morgan fingerprint density at radius 2 is 2.06 bits per heavy atom. The molecule has 0 unspecified atom stereocenters. The van der Waals surface area contributed by atoms with Crippen LogP contribution >= 0.6 is 0 Å². The van der Waals surface area contributed by atoms with Crippen molar-refractivity contribution in [2.45, 2.75) is 33.1 Å². The molecule has 0 radical (unpaired) electrons. The maximum atomic E-state index is 11.7. The Labute approximate surface area is 103 Å².